The van der Waals surface area contributed by atoms with Gasteiger partial charge < -0.3 is 19.8 Å². The van der Waals surface area contributed by atoms with Crippen molar-refractivity contribution in [2.24, 2.45) is 0 Å². The van der Waals surface area contributed by atoms with Gasteiger partial charge in [0, 0.05) is 31.9 Å². The molecular formula is C17H22N4O3. The smallest absolute Gasteiger partial charge is 0.290 e. The van der Waals surface area contributed by atoms with Crippen LogP contribution in [0.25, 0.3) is 0 Å². The van der Waals surface area contributed by atoms with Gasteiger partial charge in [-0.05, 0) is 31.4 Å². The molecule has 128 valence electrons. The van der Waals surface area contributed by atoms with E-state index in [4.69, 9.17) is 4.52 Å². The summed E-state index contributed by atoms with van der Waals surface area (Å²) in [5, 5.41) is 17.4. The van der Waals surface area contributed by atoms with Gasteiger partial charge in [-0.2, -0.15) is 0 Å². The highest BCUT2D eigenvalue weighted by atomic mass is 16.5. The lowest BCUT2D eigenvalue weighted by molar-refractivity contribution is 0.0250. The molecule has 1 aliphatic heterocycles. The number of nitrogens with zero attached hydrogens (tertiary/aromatic N) is 3. The first-order valence-electron chi connectivity index (χ1n) is 8.22. The number of rotatable bonds is 5. The number of piperidine rings is 1. The van der Waals surface area contributed by atoms with Crippen molar-refractivity contribution in [3.63, 3.8) is 0 Å². The molecule has 3 heterocycles. The Morgan fingerprint density at radius 2 is 2.38 bits per heavy atom. The van der Waals surface area contributed by atoms with Crippen LogP contribution in [0.4, 0.5) is 5.82 Å². The fourth-order valence-corrected chi connectivity index (χ4v) is 2.91. The number of pyridine rings is 1. The van der Waals surface area contributed by atoms with Crippen LogP contribution in [0.5, 0.6) is 0 Å². The Bertz CT molecular complexity index is 688. The molecule has 0 unspecified atom stereocenters. The highest BCUT2D eigenvalue weighted by Crippen LogP contribution is 2.24. The van der Waals surface area contributed by atoms with E-state index in [1.165, 1.54) is 0 Å². The summed E-state index contributed by atoms with van der Waals surface area (Å²) in [5.41, 5.74) is -0.253. The molecule has 0 saturated carbocycles. The largest absolute Gasteiger partial charge is 0.386 e. The summed E-state index contributed by atoms with van der Waals surface area (Å²) in [6, 6.07) is 7.33. The average molecular weight is 330 g/mol. The Labute approximate surface area is 140 Å². The Balaban J connectivity index is 1.60. The third-order valence-electron chi connectivity index (χ3n) is 4.25. The van der Waals surface area contributed by atoms with Gasteiger partial charge in [0.2, 0.25) is 5.76 Å². The lowest BCUT2D eigenvalue weighted by atomic mass is 9.92. The van der Waals surface area contributed by atoms with Gasteiger partial charge in [-0.15, -0.1) is 0 Å². The third-order valence-corrected chi connectivity index (χ3v) is 4.25. The monoisotopic (exact) mass is 330 g/mol. The maximum absolute atomic E-state index is 12.1. The first-order valence-corrected chi connectivity index (χ1v) is 8.22. The molecule has 1 fully saturated rings. The molecule has 0 spiro atoms. The number of nitrogens with one attached hydrogen (secondary N) is 1. The summed E-state index contributed by atoms with van der Waals surface area (Å²) in [7, 11) is 0. The van der Waals surface area contributed by atoms with Gasteiger partial charge in [-0.1, -0.05) is 18.1 Å². The van der Waals surface area contributed by atoms with Gasteiger partial charge >= 0.3 is 0 Å². The number of amides is 1. The van der Waals surface area contributed by atoms with Gasteiger partial charge in [-0.3, -0.25) is 4.79 Å². The number of anilines is 1. The lowest BCUT2D eigenvalue weighted by Crippen LogP contribution is -2.54. The molecule has 2 N–H and O–H groups in total. The predicted octanol–water partition coefficient (Wildman–Crippen LogP) is 1.39. The fraction of sp³-hybridized carbons (Fsp3) is 0.471. The summed E-state index contributed by atoms with van der Waals surface area (Å²) in [6.07, 6.45) is 3.91. The van der Waals surface area contributed by atoms with E-state index in [-0.39, 0.29) is 18.2 Å². The van der Waals surface area contributed by atoms with Crippen molar-refractivity contribution in [2.75, 3.05) is 24.5 Å². The molecule has 1 aliphatic rings. The summed E-state index contributed by atoms with van der Waals surface area (Å²) < 4.78 is 5.02. The number of hydrogen-bond donors (Lipinski definition) is 2. The third kappa shape index (κ3) is 3.73. The van der Waals surface area contributed by atoms with Crippen LogP contribution in [0.3, 0.4) is 0 Å². The second kappa shape index (κ2) is 7.00. The van der Waals surface area contributed by atoms with Crippen molar-refractivity contribution >= 4 is 11.7 Å². The average Bonchev–Trinajstić information content (AvgIpc) is 3.10. The number of aryl methyl sites for hydroxylation is 1. The van der Waals surface area contributed by atoms with Crippen LogP contribution in [0, 0.1) is 0 Å². The van der Waals surface area contributed by atoms with Gasteiger partial charge in [0.25, 0.3) is 5.91 Å². The molecule has 7 heteroatoms. The van der Waals surface area contributed by atoms with Crippen molar-refractivity contribution in [1.29, 1.82) is 0 Å². The molecule has 0 radical (unpaired) electrons. The normalized spacial score (nSPS) is 20.8. The first kappa shape index (κ1) is 16.4. The molecule has 2 aromatic heterocycles. The van der Waals surface area contributed by atoms with Gasteiger partial charge in [0.15, 0.2) is 0 Å². The number of aromatic nitrogens is 2. The van der Waals surface area contributed by atoms with Crippen molar-refractivity contribution in [1.82, 2.24) is 15.5 Å². The molecule has 1 saturated heterocycles. The molecule has 0 aromatic carbocycles. The van der Waals surface area contributed by atoms with Crippen molar-refractivity contribution < 1.29 is 14.4 Å². The molecule has 0 bridgehead atoms. The minimum Gasteiger partial charge on any atom is -0.386 e. The number of carbonyl (C=O) groups is 1. The summed E-state index contributed by atoms with van der Waals surface area (Å²) in [4.78, 5) is 18.5. The number of carbonyl (C=O) groups excluding carboxylic acids is 1. The van der Waals surface area contributed by atoms with Crippen LogP contribution in [0.1, 0.15) is 36.0 Å². The van der Waals surface area contributed by atoms with Crippen LogP contribution >= 0.6 is 0 Å². The maximum Gasteiger partial charge on any atom is 0.290 e. The van der Waals surface area contributed by atoms with E-state index in [9.17, 15) is 9.90 Å². The SMILES string of the molecule is CCc1cc(C(=O)NC[C@@]2(O)CCCN(c3ccccn3)C2)on1. The minimum atomic E-state index is -0.987. The highest BCUT2D eigenvalue weighted by molar-refractivity contribution is 5.91. The first-order chi connectivity index (χ1) is 11.6. The summed E-state index contributed by atoms with van der Waals surface area (Å²) in [5.74, 6) is 0.656. The second-order valence-electron chi connectivity index (χ2n) is 6.16. The van der Waals surface area contributed by atoms with Crippen LogP contribution in [0.15, 0.2) is 35.0 Å². The van der Waals surface area contributed by atoms with E-state index in [0.29, 0.717) is 19.4 Å². The van der Waals surface area contributed by atoms with Gasteiger partial charge in [0.05, 0.1) is 11.3 Å². The van der Waals surface area contributed by atoms with E-state index in [0.717, 1.165) is 24.5 Å². The van der Waals surface area contributed by atoms with Crippen LogP contribution < -0.4 is 10.2 Å². The zero-order valence-electron chi connectivity index (χ0n) is 13.7. The second-order valence-corrected chi connectivity index (χ2v) is 6.16. The zero-order valence-corrected chi connectivity index (χ0v) is 13.7. The Morgan fingerprint density at radius 1 is 1.50 bits per heavy atom. The lowest BCUT2D eigenvalue weighted by Gasteiger charge is -2.39. The number of hydrogen-bond acceptors (Lipinski definition) is 6. The Hall–Kier alpha value is -2.41. The summed E-state index contributed by atoms with van der Waals surface area (Å²) in [6.45, 7) is 3.38. The number of β-amino-alcohol motifs (C(OH)–C–C–N with tert-alkyl or cyclic N) is 1. The van der Waals surface area contributed by atoms with Crippen LogP contribution in [-0.4, -0.2) is 46.4 Å². The van der Waals surface area contributed by atoms with E-state index in [2.05, 4.69) is 15.5 Å². The topological polar surface area (TPSA) is 91.5 Å². The maximum atomic E-state index is 12.1. The van der Waals surface area contributed by atoms with E-state index in [1.807, 2.05) is 30.0 Å². The predicted molar refractivity (Wildman–Crippen MR) is 88.8 cm³/mol. The van der Waals surface area contributed by atoms with Gasteiger partial charge in [0.1, 0.15) is 5.82 Å². The Kier molecular flexibility index (Phi) is 4.80. The molecule has 24 heavy (non-hydrogen) atoms. The van der Waals surface area contributed by atoms with Crippen molar-refractivity contribution in [2.45, 2.75) is 31.8 Å². The van der Waals surface area contributed by atoms with Crippen molar-refractivity contribution in [3.05, 3.63) is 41.9 Å². The summed E-state index contributed by atoms with van der Waals surface area (Å²) >= 11 is 0. The standard InChI is InChI=1S/C17H22N4O3/c1-2-13-10-14(24-20-13)16(22)19-11-17(23)7-5-9-21(12-17)15-6-3-4-8-18-15/h3-4,6,8,10,23H,2,5,7,9,11-12H2,1H3,(H,19,22)/t17-/m0/s1. The molecule has 1 atom stereocenters. The minimum absolute atomic E-state index is 0.164. The molecule has 2 aromatic rings. The van der Waals surface area contributed by atoms with E-state index in [1.54, 1.807) is 12.3 Å². The van der Waals surface area contributed by atoms with E-state index < -0.39 is 5.60 Å². The Morgan fingerprint density at radius 3 is 3.08 bits per heavy atom. The zero-order chi connectivity index (χ0) is 17.0. The van der Waals surface area contributed by atoms with Gasteiger partial charge in [-0.25, -0.2) is 4.98 Å². The molecule has 1 amide bonds. The van der Waals surface area contributed by atoms with Crippen LogP contribution in [-0.2, 0) is 6.42 Å². The fourth-order valence-electron chi connectivity index (χ4n) is 2.91. The van der Waals surface area contributed by atoms with Crippen LogP contribution in [0.2, 0.25) is 0 Å². The number of aliphatic hydroxyl groups is 1. The van der Waals surface area contributed by atoms with Crippen molar-refractivity contribution in [3.8, 4) is 0 Å². The molecule has 7 nitrogen and oxygen atoms in total. The molecular weight excluding hydrogens is 308 g/mol. The highest BCUT2D eigenvalue weighted by Gasteiger charge is 2.34. The quantitative estimate of drug-likeness (QED) is 0.861. The molecule has 0 aliphatic carbocycles. The molecule has 3 rings (SSSR count). The van der Waals surface area contributed by atoms with E-state index >= 15 is 0 Å².